The second-order valence-corrected chi connectivity index (χ2v) is 5.02. The number of ether oxygens (including phenoxy) is 1. The van der Waals surface area contributed by atoms with Crippen molar-refractivity contribution >= 4 is 6.09 Å². The number of nitrogens with one attached hydrogen (secondary N) is 2. The first-order valence-electron chi connectivity index (χ1n) is 6.14. The fourth-order valence-corrected chi connectivity index (χ4v) is 1.45. The van der Waals surface area contributed by atoms with Crippen molar-refractivity contribution in [2.24, 2.45) is 0 Å². The van der Waals surface area contributed by atoms with E-state index in [0.717, 1.165) is 18.8 Å². The average molecular weight is 254 g/mol. The molecule has 1 rings (SSSR count). The normalized spacial score (nSPS) is 11.3. The van der Waals surface area contributed by atoms with E-state index < -0.39 is 11.7 Å². The Morgan fingerprint density at radius 1 is 1.50 bits per heavy atom. The molecular formula is C12H22N4O2. The Bertz CT molecular complexity index is 382. The lowest BCUT2D eigenvalue weighted by molar-refractivity contribution is 0.0496. The van der Waals surface area contributed by atoms with Crippen molar-refractivity contribution in [2.45, 2.75) is 52.8 Å². The second kappa shape index (κ2) is 6.39. The molecule has 102 valence electrons. The number of amides is 1. The van der Waals surface area contributed by atoms with E-state index >= 15 is 0 Å². The van der Waals surface area contributed by atoms with Crippen LogP contribution in [0.15, 0.2) is 12.4 Å². The Morgan fingerprint density at radius 2 is 2.22 bits per heavy atom. The molecule has 0 aromatic carbocycles. The van der Waals surface area contributed by atoms with Gasteiger partial charge in [-0.3, -0.25) is 5.43 Å². The number of hydrogen-bond acceptors (Lipinski definition) is 4. The number of hydrazine groups is 1. The molecule has 1 amide bonds. The van der Waals surface area contributed by atoms with Gasteiger partial charge < -0.3 is 9.30 Å². The van der Waals surface area contributed by atoms with Crippen LogP contribution in [-0.4, -0.2) is 21.2 Å². The summed E-state index contributed by atoms with van der Waals surface area (Å²) in [6, 6.07) is 0. The quantitative estimate of drug-likeness (QED) is 0.786. The van der Waals surface area contributed by atoms with Gasteiger partial charge in [-0.1, -0.05) is 6.92 Å². The topological polar surface area (TPSA) is 68.2 Å². The molecule has 0 aliphatic carbocycles. The number of imidazole rings is 1. The summed E-state index contributed by atoms with van der Waals surface area (Å²) in [7, 11) is 0. The van der Waals surface area contributed by atoms with E-state index in [4.69, 9.17) is 4.74 Å². The highest BCUT2D eigenvalue weighted by atomic mass is 16.6. The molecule has 18 heavy (non-hydrogen) atoms. The van der Waals surface area contributed by atoms with Crippen LogP contribution in [0.25, 0.3) is 0 Å². The average Bonchev–Trinajstić information content (AvgIpc) is 2.64. The highest BCUT2D eigenvalue weighted by molar-refractivity contribution is 5.66. The maximum atomic E-state index is 11.4. The van der Waals surface area contributed by atoms with Crippen molar-refractivity contribution in [3.8, 4) is 0 Å². The summed E-state index contributed by atoms with van der Waals surface area (Å²) in [5, 5.41) is 0. The number of aryl methyl sites for hydroxylation is 1. The van der Waals surface area contributed by atoms with Crippen LogP contribution in [0.3, 0.4) is 0 Å². The van der Waals surface area contributed by atoms with E-state index in [1.54, 1.807) is 6.20 Å². The molecule has 1 aromatic heterocycles. The molecule has 6 heteroatoms. The van der Waals surface area contributed by atoms with Crippen LogP contribution in [0.1, 0.15) is 39.9 Å². The fraction of sp³-hybridized carbons (Fsp3) is 0.667. The van der Waals surface area contributed by atoms with Gasteiger partial charge in [-0.2, -0.15) is 0 Å². The van der Waals surface area contributed by atoms with Gasteiger partial charge in [0, 0.05) is 18.9 Å². The predicted molar refractivity (Wildman–Crippen MR) is 68.7 cm³/mol. The molecule has 0 aliphatic heterocycles. The minimum Gasteiger partial charge on any atom is -0.443 e. The third-order valence-corrected chi connectivity index (χ3v) is 2.10. The Labute approximate surface area is 108 Å². The third-order valence-electron chi connectivity index (χ3n) is 2.10. The van der Waals surface area contributed by atoms with Crippen molar-refractivity contribution in [1.29, 1.82) is 0 Å². The van der Waals surface area contributed by atoms with Crippen molar-refractivity contribution in [3.05, 3.63) is 18.2 Å². The zero-order chi connectivity index (χ0) is 13.6. The van der Waals surface area contributed by atoms with Gasteiger partial charge in [-0.25, -0.2) is 15.2 Å². The number of nitrogens with zero attached hydrogens (tertiary/aromatic N) is 2. The first-order valence-corrected chi connectivity index (χ1v) is 6.14. The van der Waals surface area contributed by atoms with Crippen LogP contribution in [0.5, 0.6) is 0 Å². The van der Waals surface area contributed by atoms with Crippen LogP contribution >= 0.6 is 0 Å². The molecular weight excluding hydrogens is 232 g/mol. The van der Waals surface area contributed by atoms with Gasteiger partial charge in [-0.05, 0) is 27.2 Å². The summed E-state index contributed by atoms with van der Waals surface area (Å²) >= 11 is 0. The van der Waals surface area contributed by atoms with E-state index in [2.05, 4.69) is 22.8 Å². The second-order valence-electron chi connectivity index (χ2n) is 5.02. The highest BCUT2D eigenvalue weighted by Crippen LogP contribution is 2.06. The Kier molecular flexibility index (Phi) is 5.15. The smallest absolute Gasteiger partial charge is 0.422 e. The maximum Gasteiger partial charge on any atom is 0.422 e. The molecule has 0 unspecified atom stereocenters. The largest absolute Gasteiger partial charge is 0.443 e. The zero-order valence-electron chi connectivity index (χ0n) is 11.5. The number of rotatable bonds is 5. The first kappa shape index (κ1) is 14.5. The molecule has 1 heterocycles. The highest BCUT2D eigenvalue weighted by Gasteiger charge is 2.15. The molecule has 0 saturated carbocycles. The SMILES string of the molecule is CCCn1ccnc1CNNC(=O)OC(C)(C)C. The molecule has 6 nitrogen and oxygen atoms in total. The monoisotopic (exact) mass is 254 g/mol. The van der Waals surface area contributed by atoms with Crippen LogP contribution < -0.4 is 10.9 Å². The molecule has 1 aromatic rings. The first-order chi connectivity index (χ1) is 8.42. The molecule has 2 N–H and O–H groups in total. The number of carbonyl (C=O) groups is 1. The van der Waals surface area contributed by atoms with Crippen molar-refractivity contribution < 1.29 is 9.53 Å². The van der Waals surface area contributed by atoms with Crippen molar-refractivity contribution in [1.82, 2.24) is 20.4 Å². The van der Waals surface area contributed by atoms with Crippen LogP contribution in [0, 0.1) is 0 Å². The summed E-state index contributed by atoms with van der Waals surface area (Å²) in [6.07, 6.45) is 4.23. The predicted octanol–water partition coefficient (Wildman–Crippen LogP) is 1.82. The van der Waals surface area contributed by atoms with Gasteiger partial charge in [-0.15, -0.1) is 0 Å². The summed E-state index contributed by atoms with van der Waals surface area (Å²) in [6.45, 7) is 8.95. The number of aromatic nitrogens is 2. The van der Waals surface area contributed by atoms with Gasteiger partial charge in [0.15, 0.2) is 0 Å². The lowest BCUT2D eigenvalue weighted by atomic mass is 10.2. The van der Waals surface area contributed by atoms with Gasteiger partial charge in [0.2, 0.25) is 0 Å². The van der Waals surface area contributed by atoms with E-state index in [1.165, 1.54) is 0 Å². The molecule has 0 aliphatic rings. The molecule has 0 fully saturated rings. The van der Waals surface area contributed by atoms with E-state index in [1.807, 2.05) is 31.5 Å². The summed E-state index contributed by atoms with van der Waals surface area (Å²) in [4.78, 5) is 15.6. The van der Waals surface area contributed by atoms with E-state index in [9.17, 15) is 4.79 Å². The number of hydrogen-bond donors (Lipinski definition) is 2. The molecule has 0 radical (unpaired) electrons. The van der Waals surface area contributed by atoms with Crippen LogP contribution in [0.4, 0.5) is 4.79 Å². The summed E-state index contributed by atoms with van der Waals surface area (Å²) in [5.74, 6) is 0.882. The maximum absolute atomic E-state index is 11.4. The summed E-state index contributed by atoms with van der Waals surface area (Å²) in [5.41, 5.74) is 4.79. The molecule has 0 saturated heterocycles. The summed E-state index contributed by atoms with van der Waals surface area (Å²) < 4.78 is 7.14. The van der Waals surface area contributed by atoms with Gasteiger partial charge in [0.05, 0.1) is 6.54 Å². The molecule has 0 spiro atoms. The van der Waals surface area contributed by atoms with Gasteiger partial charge >= 0.3 is 6.09 Å². The van der Waals surface area contributed by atoms with E-state index in [-0.39, 0.29) is 0 Å². The number of carbonyl (C=O) groups excluding carboxylic acids is 1. The lowest BCUT2D eigenvalue weighted by Gasteiger charge is -2.19. The van der Waals surface area contributed by atoms with Crippen LogP contribution in [0.2, 0.25) is 0 Å². The van der Waals surface area contributed by atoms with Crippen LogP contribution in [-0.2, 0) is 17.8 Å². The molecule has 0 bridgehead atoms. The lowest BCUT2D eigenvalue weighted by Crippen LogP contribution is -2.41. The van der Waals surface area contributed by atoms with Crippen molar-refractivity contribution in [3.63, 3.8) is 0 Å². The van der Waals surface area contributed by atoms with Crippen molar-refractivity contribution in [2.75, 3.05) is 0 Å². The third kappa shape index (κ3) is 5.18. The Balaban J connectivity index is 2.33. The van der Waals surface area contributed by atoms with E-state index in [0.29, 0.717) is 6.54 Å². The Morgan fingerprint density at radius 3 is 2.83 bits per heavy atom. The minimum absolute atomic E-state index is 0.465. The molecule has 0 atom stereocenters. The minimum atomic E-state index is -0.494. The van der Waals surface area contributed by atoms with Gasteiger partial charge in [0.25, 0.3) is 0 Å². The standard InChI is InChI=1S/C12H22N4O2/c1-5-7-16-8-6-13-10(16)9-14-15-11(17)18-12(2,3)4/h6,8,14H,5,7,9H2,1-4H3,(H,15,17). The Hall–Kier alpha value is -1.56. The van der Waals surface area contributed by atoms with Gasteiger partial charge in [0.1, 0.15) is 11.4 Å². The zero-order valence-corrected chi connectivity index (χ0v) is 11.5. The fourth-order valence-electron chi connectivity index (χ4n) is 1.45.